The van der Waals surface area contributed by atoms with E-state index in [0.29, 0.717) is 0 Å². The van der Waals surface area contributed by atoms with Gasteiger partial charge in [0.05, 0.1) is 10.7 Å². The second kappa shape index (κ2) is 3.30. The van der Waals surface area contributed by atoms with Gasteiger partial charge in [0.25, 0.3) is 0 Å². The summed E-state index contributed by atoms with van der Waals surface area (Å²) in [5.74, 6) is -0.0926. The Morgan fingerprint density at radius 2 is 2.11 bits per heavy atom. The first-order valence-electron chi connectivity index (χ1n) is 2.70. The van der Waals surface area contributed by atoms with Crippen molar-refractivity contribution in [2.24, 2.45) is 5.41 Å². The van der Waals surface area contributed by atoms with E-state index in [1.54, 1.807) is 13.8 Å². The van der Waals surface area contributed by atoms with Crippen LogP contribution in [0.1, 0.15) is 13.8 Å². The van der Waals surface area contributed by atoms with E-state index in [4.69, 9.17) is 0 Å². The lowest BCUT2D eigenvalue weighted by atomic mass is 9.91. The zero-order valence-electron chi connectivity index (χ0n) is 5.58. The largest absolute Gasteiger partial charge is 0.298 e. The Bertz CT molecular complexity index is 112. The van der Waals surface area contributed by atoms with E-state index in [9.17, 15) is 9.18 Å². The highest BCUT2D eigenvalue weighted by molar-refractivity contribution is 9.09. The van der Waals surface area contributed by atoms with Crippen LogP contribution in [0.3, 0.4) is 0 Å². The van der Waals surface area contributed by atoms with E-state index >= 15 is 0 Å². The second-order valence-corrected chi connectivity index (χ2v) is 3.14. The molecule has 0 unspecified atom stereocenters. The Labute approximate surface area is 62.8 Å². The quantitative estimate of drug-likeness (QED) is 0.632. The van der Waals surface area contributed by atoms with Gasteiger partial charge in [-0.15, -0.1) is 0 Å². The summed E-state index contributed by atoms with van der Waals surface area (Å²) in [6.07, 6.45) is 0. The summed E-state index contributed by atoms with van der Waals surface area (Å²) < 4.78 is 12.0. The molecule has 0 aliphatic heterocycles. The lowest BCUT2D eigenvalue weighted by molar-refractivity contribution is -0.125. The van der Waals surface area contributed by atoms with E-state index in [0.717, 1.165) is 0 Å². The van der Waals surface area contributed by atoms with Crippen LogP contribution >= 0.6 is 15.9 Å². The highest BCUT2D eigenvalue weighted by atomic mass is 79.9. The number of alkyl halides is 2. The third-order valence-electron chi connectivity index (χ3n) is 1.21. The first-order valence-corrected chi connectivity index (χ1v) is 3.82. The van der Waals surface area contributed by atoms with E-state index in [-0.39, 0.29) is 11.1 Å². The van der Waals surface area contributed by atoms with Crippen molar-refractivity contribution >= 4 is 21.7 Å². The van der Waals surface area contributed by atoms with Gasteiger partial charge in [-0.05, 0) is 0 Å². The Hall–Kier alpha value is 0.0800. The van der Waals surface area contributed by atoms with Crippen LogP contribution in [0.5, 0.6) is 0 Å². The maximum atomic E-state index is 12.0. The minimum atomic E-state index is -0.802. The van der Waals surface area contributed by atoms with Gasteiger partial charge in [0, 0.05) is 0 Å². The normalized spacial score (nSPS) is 11.6. The fourth-order valence-corrected chi connectivity index (χ4v) is 1.01. The van der Waals surface area contributed by atoms with Gasteiger partial charge in [0.1, 0.15) is 6.67 Å². The third kappa shape index (κ3) is 2.43. The molecule has 0 saturated carbocycles. The van der Waals surface area contributed by atoms with Gasteiger partial charge >= 0.3 is 0 Å². The molecule has 9 heavy (non-hydrogen) atoms. The lowest BCUT2D eigenvalue weighted by Gasteiger charge is -2.16. The summed E-state index contributed by atoms with van der Waals surface area (Å²) >= 11 is 2.98. The standard InChI is InChI=1S/C6H10BrFO/c1-6(2,4-8)5(9)3-7/h3-4H2,1-2H3. The van der Waals surface area contributed by atoms with Gasteiger partial charge in [0.2, 0.25) is 0 Å². The third-order valence-corrected chi connectivity index (χ3v) is 1.72. The maximum absolute atomic E-state index is 12.0. The van der Waals surface area contributed by atoms with Crippen molar-refractivity contribution in [2.75, 3.05) is 12.0 Å². The van der Waals surface area contributed by atoms with Gasteiger partial charge in [-0.25, -0.2) is 0 Å². The molecule has 0 aromatic carbocycles. The summed E-state index contributed by atoms with van der Waals surface area (Å²) in [5, 5.41) is 0.240. The number of carbonyl (C=O) groups excluding carboxylic acids is 1. The fourth-order valence-electron chi connectivity index (χ4n) is 0.255. The van der Waals surface area contributed by atoms with Gasteiger partial charge in [-0.2, -0.15) is 0 Å². The highest BCUT2D eigenvalue weighted by Gasteiger charge is 2.25. The van der Waals surface area contributed by atoms with Crippen LogP contribution in [0.15, 0.2) is 0 Å². The zero-order valence-corrected chi connectivity index (χ0v) is 7.16. The van der Waals surface area contributed by atoms with Crippen molar-refractivity contribution in [3.05, 3.63) is 0 Å². The van der Waals surface area contributed by atoms with Crippen LogP contribution < -0.4 is 0 Å². The molecule has 0 aromatic rings. The maximum Gasteiger partial charge on any atom is 0.151 e. The number of rotatable bonds is 3. The molecule has 3 heteroatoms. The fraction of sp³-hybridized carbons (Fsp3) is 0.833. The van der Waals surface area contributed by atoms with E-state index < -0.39 is 12.1 Å². The van der Waals surface area contributed by atoms with Crippen LogP contribution in [-0.4, -0.2) is 17.8 Å². The highest BCUT2D eigenvalue weighted by Crippen LogP contribution is 2.17. The number of Topliss-reactive ketones (excluding diaryl/α,β-unsaturated/α-hetero) is 1. The van der Waals surface area contributed by atoms with Gasteiger partial charge < -0.3 is 0 Å². The lowest BCUT2D eigenvalue weighted by Crippen LogP contribution is -2.27. The SMILES string of the molecule is CC(C)(CF)C(=O)CBr. The minimum absolute atomic E-state index is 0.0926. The topological polar surface area (TPSA) is 17.1 Å². The number of halogens is 2. The molecule has 0 aromatic heterocycles. The molecule has 0 fully saturated rings. The monoisotopic (exact) mass is 196 g/mol. The molecule has 0 spiro atoms. The van der Waals surface area contributed by atoms with Crippen LogP contribution in [0.4, 0.5) is 4.39 Å². The summed E-state index contributed by atoms with van der Waals surface area (Å²) in [7, 11) is 0. The van der Waals surface area contributed by atoms with Crippen molar-refractivity contribution in [1.82, 2.24) is 0 Å². The molecule has 0 amide bonds. The molecule has 0 aliphatic carbocycles. The molecule has 0 N–H and O–H groups in total. The average molecular weight is 197 g/mol. The number of hydrogen-bond donors (Lipinski definition) is 0. The van der Waals surface area contributed by atoms with E-state index in [2.05, 4.69) is 15.9 Å². The van der Waals surface area contributed by atoms with Crippen molar-refractivity contribution in [2.45, 2.75) is 13.8 Å². The van der Waals surface area contributed by atoms with Crippen LogP contribution in [0.25, 0.3) is 0 Å². The smallest absolute Gasteiger partial charge is 0.151 e. The molecule has 0 aliphatic rings. The summed E-state index contributed by atoms with van der Waals surface area (Å²) in [6.45, 7) is 2.60. The van der Waals surface area contributed by atoms with Crippen molar-refractivity contribution in [3.8, 4) is 0 Å². The average Bonchev–Trinajstić information content (AvgIpc) is 1.86. The summed E-state index contributed by atoms with van der Waals surface area (Å²) in [4.78, 5) is 10.8. The molecule has 0 heterocycles. The van der Waals surface area contributed by atoms with Crippen LogP contribution in [0.2, 0.25) is 0 Å². The number of hydrogen-bond acceptors (Lipinski definition) is 1. The first kappa shape index (κ1) is 9.08. The molecular weight excluding hydrogens is 187 g/mol. The van der Waals surface area contributed by atoms with Gasteiger partial charge in [-0.3, -0.25) is 9.18 Å². The molecule has 0 radical (unpaired) electrons. The van der Waals surface area contributed by atoms with Gasteiger partial charge in [0.15, 0.2) is 5.78 Å². The molecular formula is C6H10BrFO. The molecule has 0 atom stereocenters. The van der Waals surface area contributed by atoms with Crippen LogP contribution in [-0.2, 0) is 4.79 Å². The zero-order chi connectivity index (χ0) is 7.49. The van der Waals surface area contributed by atoms with Crippen molar-refractivity contribution in [3.63, 3.8) is 0 Å². The minimum Gasteiger partial charge on any atom is -0.298 e. The molecule has 54 valence electrons. The molecule has 1 nitrogen and oxygen atoms in total. The predicted octanol–water partition coefficient (Wildman–Crippen LogP) is 1.95. The van der Waals surface area contributed by atoms with Crippen molar-refractivity contribution < 1.29 is 9.18 Å². The summed E-state index contributed by atoms with van der Waals surface area (Å²) in [5.41, 5.74) is -0.802. The van der Waals surface area contributed by atoms with E-state index in [1.165, 1.54) is 0 Å². The molecule has 0 saturated heterocycles. The van der Waals surface area contributed by atoms with Crippen molar-refractivity contribution in [1.29, 1.82) is 0 Å². The Morgan fingerprint density at radius 1 is 1.67 bits per heavy atom. The Balaban J connectivity index is 3.97. The van der Waals surface area contributed by atoms with Gasteiger partial charge in [-0.1, -0.05) is 29.8 Å². The summed E-state index contributed by atoms with van der Waals surface area (Å²) in [6, 6.07) is 0. The Kier molecular flexibility index (Phi) is 3.33. The predicted molar refractivity (Wildman–Crippen MR) is 38.6 cm³/mol. The van der Waals surface area contributed by atoms with E-state index in [1.807, 2.05) is 0 Å². The molecule has 0 bridgehead atoms. The number of ketones is 1. The Morgan fingerprint density at radius 3 is 2.22 bits per heavy atom. The van der Waals surface area contributed by atoms with Crippen LogP contribution in [0, 0.1) is 5.41 Å². The molecule has 0 rings (SSSR count). The second-order valence-electron chi connectivity index (χ2n) is 2.57. The first-order chi connectivity index (χ1) is 4.04. The number of carbonyl (C=O) groups is 1.